The molecular weight excluding hydrogens is 400 g/mol. The first-order valence-electron chi connectivity index (χ1n) is 10.8. The van der Waals surface area contributed by atoms with Crippen molar-refractivity contribution in [3.63, 3.8) is 0 Å². The van der Waals surface area contributed by atoms with Gasteiger partial charge < -0.3 is 9.72 Å². The predicted molar refractivity (Wildman–Crippen MR) is 125 cm³/mol. The molecule has 32 heavy (non-hydrogen) atoms. The lowest BCUT2D eigenvalue weighted by Gasteiger charge is -2.36. The normalized spacial score (nSPS) is 15.4. The molecule has 1 atom stereocenters. The number of amides is 2. The van der Waals surface area contributed by atoms with Crippen LogP contribution in [0.1, 0.15) is 23.2 Å². The molecule has 1 aliphatic heterocycles. The van der Waals surface area contributed by atoms with Crippen LogP contribution in [-0.4, -0.2) is 27.2 Å². The van der Waals surface area contributed by atoms with Crippen LogP contribution in [0.15, 0.2) is 79.1 Å². The second-order valence-corrected chi connectivity index (χ2v) is 8.13. The zero-order valence-electron chi connectivity index (χ0n) is 17.9. The first kappa shape index (κ1) is 20.0. The molecule has 0 spiro atoms. The highest BCUT2D eigenvalue weighted by Crippen LogP contribution is 2.32. The van der Waals surface area contributed by atoms with Gasteiger partial charge in [-0.25, -0.2) is 4.98 Å². The molecule has 0 saturated carbocycles. The lowest BCUT2D eigenvalue weighted by Crippen LogP contribution is -2.50. The van der Waals surface area contributed by atoms with Gasteiger partial charge in [-0.1, -0.05) is 42.5 Å². The molecule has 160 valence electrons. The Bertz CT molecular complexity index is 1300. The Balaban J connectivity index is 1.45. The Morgan fingerprint density at radius 2 is 1.81 bits per heavy atom. The van der Waals surface area contributed by atoms with Gasteiger partial charge >= 0.3 is 0 Å². The minimum absolute atomic E-state index is 0.130. The molecule has 1 aliphatic rings. The lowest BCUT2D eigenvalue weighted by atomic mass is 9.94. The van der Waals surface area contributed by atoms with Crippen LogP contribution in [0.4, 0.5) is 11.4 Å². The number of aryl methyl sites for hydroxylation is 2. The van der Waals surface area contributed by atoms with Gasteiger partial charge in [-0.15, -0.1) is 0 Å². The van der Waals surface area contributed by atoms with E-state index < -0.39 is 6.04 Å². The fourth-order valence-corrected chi connectivity index (χ4v) is 4.38. The minimum Gasteiger partial charge on any atom is -0.324 e. The largest absolute Gasteiger partial charge is 0.324 e. The molecule has 6 heteroatoms. The van der Waals surface area contributed by atoms with E-state index in [2.05, 4.69) is 10.3 Å². The number of pyridine rings is 1. The number of fused-ring (bicyclic) bond motifs is 2. The molecule has 2 aromatic carbocycles. The van der Waals surface area contributed by atoms with Gasteiger partial charge in [0, 0.05) is 23.8 Å². The van der Waals surface area contributed by atoms with E-state index in [9.17, 15) is 9.59 Å². The SMILES string of the molecule is Cc1cccn2cc(CC(=O)N3c4ccccc4CCC3C(=O)Nc3ccccc3)nc12. The number of nitrogens with zero attached hydrogens (tertiary/aromatic N) is 3. The third kappa shape index (κ3) is 3.75. The molecule has 2 aromatic heterocycles. The number of para-hydroxylation sites is 2. The van der Waals surface area contributed by atoms with E-state index in [1.807, 2.05) is 90.4 Å². The van der Waals surface area contributed by atoms with Gasteiger partial charge in [-0.05, 0) is 55.2 Å². The number of carbonyl (C=O) groups is 2. The maximum absolute atomic E-state index is 13.6. The Morgan fingerprint density at radius 3 is 2.62 bits per heavy atom. The number of hydrogen-bond acceptors (Lipinski definition) is 3. The van der Waals surface area contributed by atoms with Crippen LogP contribution in [0.2, 0.25) is 0 Å². The summed E-state index contributed by atoms with van der Waals surface area (Å²) in [6.45, 7) is 2.00. The summed E-state index contributed by atoms with van der Waals surface area (Å²) in [7, 11) is 0. The van der Waals surface area contributed by atoms with Crippen molar-refractivity contribution in [3.05, 3.63) is 95.9 Å². The fraction of sp³-hybridized carbons (Fsp3) is 0.192. The second kappa shape index (κ2) is 8.30. The number of anilines is 2. The summed E-state index contributed by atoms with van der Waals surface area (Å²) in [6.07, 6.45) is 5.27. The molecule has 0 saturated heterocycles. The zero-order chi connectivity index (χ0) is 22.1. The summed E-state index contributed by atoms with van der Waals surface area (Å²) in [6, 6.07) is 20.6. The van der Waals surface area contributed by atoms with Crippen molar-refractivity contribution in [3.8, 4) is 0 Å². The van der Waals surface area contributed by atoms with Crippen molar-refractivity contribution in [1.82, 2.24) is 9.38 Å². The van der Waals surface area contributed by atoms with Crippen LogP contribution in [0.25, 0.3) is 5.65 Å². The van der Waals surface area contributed by atoms with Gasteiger partial charge in [0.1, 0.15) is 11.7 Å². The van der Waals surface area contributed by atoms with Crippen LogP contribution >= 0.6 is 0 Å². The van der Waals surface area contributed by atoms with E-state index >= 15 is 0 Å². The van der Waals surface area contributed by atoms with E-state index in [1.165, 1.54) is 0 Å². The van der Waals surface area contributed by atoms with Gasteiger partial charge in [0.15, 0.2) is 0 Å². The number of nitrogens with one attached hydrogen (secondary N) is 1. The van der Waals surface area contributed by atoms with Gasteiger partial charge in [0.2, 0.25) is 11.8 Å². The molecule has 0 fully saturated rings. The lowest BCUT2D eigenvalue weighted by molar-refractivity contribution is -0.123. The van der Waals surface area contributed by atoms with E-state index in [1.54, 1.807) is 4.90 Å². The van der Waals surface area contributed by atoms with Crippen LogP contribution < -0.4 is 10.2 Å². The highest BCUT2D eigenvalue weighted by atomic mass is 16.2. The smallest absolute Gasteiger partial charge is 0.247 e. The average molecular weight is 425 g/mol. The maximum atomic E-state index is 13.6. The summed E-state index contributed by atoms with van der Waals surface area (Å²) >= 11 is 0. The van der Waals surface area contributed by atoms with Crippen LogP contribution in [0.5, 0.6) is 0 Å². The molecule has 5 rings (SSSR count). The molecule has 0 aliphatic carbocycles. The Hall–Kier alpha value is -3.93. The average Bonchev–Trinajstić information content (AvgIpc) is 3.22. The number of rotatable bonds is 4. The highest BCUT2D eigenvalue weighted by molar-refractivity contribution is 6.06. The van der Waals surface area contributed by atoms with Gasteiger partial charge in [-0.2, -0.15) is 0 Å². The van der Waals surface area contributed by atoms with Gasteiger partial charge in [0.25, 0.3) is 0 Å². The Morgan fingerprint density at radius 1 is 1.03 bits per heavy atom. The standard InChI is InChI=1S/C26H24N4O2/c1-18-8-7-15-29-17-21(27-25(18)29)16-24(31)30-22-12-6-5-9-19(22)13-14-23(30)26(32)28-20-10-3-2-4-11-20/h2-12,15,17,23H,13-14,16H2,1H3,(H,28,32). The van der Waals surface area contributed by atoms with Crippen molar-refractivity contribution in [1.29, 1.82) is 0 Å². The monoisotopic (exact) mass is 424 g/mol. The van der Waals surface area contributed by atoms with E-state index in [0.29, 0.717) is 12.1 Å². The number of aromatic nitrogens is 2. The van der Waals surface area contributed by atoms with Crippen molar-refractivity contribution in [2.45, 2.75) is 32.2 Å². The van der Waals surface area contributed by atoms with Gasteiger partial charge in [0.05, 0.1) is 12.1 Å². The van der Waals surface area contributed by atoms with Crippen LogP contribution in [0, 0.1) is 6.92 Å². The van der Waals surface area contributed by atoms with Gasteiger partial charge in [-0.3, -0.25) is 14.5 Å². The molecule has 1 unspecified atom stereocenters. The van der Waals surface area contributed by atoms with E-state index in [0.717, 1.165) is 34.6 Å². The molecule has 3 heterocycles. The van der Waals surface area contributed by atoms with Crippen LogP contribution in [0.3, 0.4) is 0 Å². The topological polar surface area (TPSA) is 66.7 Å². The minimum atomic E-state index is -0.573. The third-order valence-corrected chi connectivity index (χ3v) is 5.92. The number of carbonyl (C=O) groups excluding carboxylic acids is 2. The summed E-state index contributed by atoms with van der Waals surface area (Å²) in [5.74, 6) is -0.309. The predicted octanol–water partition coefficient (Wildman–Crippen LogP) is 4.17. The number of benzene rings is 2. The summed E-state index contributed by atoms with van der Waals surface area (Å²) in [5.41, 5.74) is 5.18. The van der Waals surface area contributed by atoms with Crippen LogP contribution in [-0.2, 0) is 22.4 Å². The molecule has 2 amide bonds. The molecule has 6 nitrogen and oxygen atoms in total. The zero-order valence-corrected chi connectivity index (χ0v) is 17.9. The quantitative estimate of drug-likeness (QED) is 0.535. The maximum Gasteiger partial charge on any atom is 0.247 e. The van der Waals surface area contributed by atoms with Crippen molar-refractivity contribution in [2.24, 2.45) is 0 Å². The Labute approximate surface area is 186 Å². The van der Waals surface area contributed by atoms with Crippen molar-refractivity contribution >= 4 is 28.8 Å². The summed E-state index contributed by atoms with van der Waals surface area (Å²) in [5, 5.41) is 2.97. The highest BCUT2D eigenvalue weighted by Gasteiger charge is 2.35. The third-order valence-electron chi connectivity index (χ3n) is 5.92. The summed E-state index contributed by atoms with van der Waals surface area (Å²) in [4.78, 5) is 33.1. The number of hydrogen-bond donors (Lipinski definition) is 1. The molecule has 1 N–H and O–H groups in total. The molecule has 4 aromatic rings. The molecular formula is C26H24N4O2. The summed E-state index contributed by atoms with van der Waals surface area (Å²) < 4.78 is 1.93. The number of imidazole rings is 1. The Kier molecular flexibility index (Phi) is 5.19. The first-order valence-corrected chi connectivity index (χ1v) is 10.8. The van der Waals surface area contributed by atoms with Crippen molar-refractivity contribution in [2.75, 3.05) is 10.2 Å². The van der Waals surface area contributed by atoms with E-state index in [4.69, 9.17) is 0 Å². The first-order chi connectivity index (χ1) is 15.6. The molecule has 0 radical (unpaired) electrons. The van der Waals surface area contributed by atoms with E-state index in [-0.39, 0.29) is 18.2 Å². The van der Waals surface area contributed by atoms with Crippen molar-refractivity contribution < 1.29 is 9.59 Å². The fourth-order valence-electron chi connectivity index (χ4n) is 4.38. The second-order valence-electron chi connectivity index (χ2n) is 8.13. The molecule has 0 bridgehead atoms.